The zero-order valence-electron chi connectivity index (χ0n) is 13.7. The van der Waals surface area contributed by atoms with Gasteiger partial charge in [-0.3, -0.25) is 9.59 Å². The van der Waals surface area contributed by atoms with Crippen molar-refractivity contribution in [3.05, 3.63) is 24.3 Å². The van der Waals surface area contributed by atoms with E-state index in [2.05, 4.69) is 15.2 Å². The summed E-state index contributed by atoms with van der Waals surface area (Å²) in [5.41, 5.74) is 0.694. The summed E-state index contributed by atoms with van der Waals surface area (Å²) >= 11 is 1.41. The second kappa shape index (κ2) is 7.70. The first-order valence-corrected chi connectivity index (χ1v) is 9.10. The van der Waals surface area contributed by atoms with Gasteiger partial charge in [-0.05, 0) is 44.0 Å². The number of amides is 2. The molecule has 1 saturated heterocycles. The first-order valence-electron chi connectivity index (χ1n) is 8.22. The van der Waals surface area contributed by atoms with Crippen LogP contribution in [0.2, 0.25) is 0 Å². The van der Waals surface area contributed by atoms with Gasteiger partial charge in [-0.2, -0.15) is 4.99 Å². The van der Waals surface area contributed by atoms with Crippen LogP contribution < -0.4 is 10.1 Å². The van der Waals surface area contributed by atoms with Crippen LogP contribution in [0, 0.1) is 0 Å². The fourth-order valence-corrected chi connectivity index (χ4v) is 3.85. The largest absolute Gasteiger partial charge is 0.494 e. The molecule has 2 aliphatic heterocycles. The summed E-state index contributed by atoms with van der Waals surface area (Å²) in [5.74, 6) is 0.382. The van der Waals surface area contributed by atoms with Gasteiger partial charge in [0.1, 0.15) is 11.0 Å². The number of nitrogens with zero attached hydrogens (tertiary/aromatic N) is 2. The molecule has 0 aromatic heterocycles. The first-order chi connectivity index (χ1) is 11.7. The van der Waals surface area contributed by atoms with Crippen LogP contribution in [0.15, 0.2) is 29.3 Å². The summed E-state index contributed by atoms with van der Waals surface area (Å²) in [5, 5.41) is 3.18. The Morgan fingerprint density at radius 2 is 2.04 bits per heavy atom. The lowest BCUT2D eigenvalue weighted by Crippen LogP contribution is -2.25. The monoisotopic (exact) mass is 347 g/mol. The zero-order chi connectivity index (χ0) is 16.9. The molecule has 2 amide bonds. The Morgan fingerprint density at radius 1 is 1.33 bits per heavy atom. The highest BCUT2D eigenvalue weighted by atomic mass is 32.2. The van der Waals surface area contributed by atoms with E-state index in [1.54, 1.807) is 12.1 Å². The molecule has 1 aromatic carbocycles. The van der Waals surface area contributed by atoms with Gasteiger partial charge in [0.15, 0.2) is 5.17 Å². The van der Waals surface area contributed by atoms with E-state index in [0.29, 0.717) is 12.3 Å². The van der Waals surface area contributed by atoms with Crippen molar-refractivity contribution >= 4 is 34.4 Å². The van der Waals surface area contributed by atoms with Crippen LogP contribution in [0.25, 0.3) is 0 Å². The molecule has 7 heteroatoms. The summed E-state index contributed by atoms with van der Waals surface area (Å²) in [6, 6.07) is 7.20. The minimum Gasteiger partial charge on any atom is -0.494 e. The van der Waals surface area contributed by atoms with Gasteiger partial charge in [0.05, 0.1) is 6.61 Å². The number of aliphatic imine (C=N–C) groups is 1. The average Bonchev–Trinajstić information content (AvgIpc) is 3.20. The third-order valence-corrected chi connectivity index (χ3v) is 5.14. The van der Waals surface area contributed by atoms with Crippen LogP contribution in [0.1, 0.15) is 26.2 Å². The Morgan fingerprint density at radius 3 is 2.71 bits per heavy atom. The van der Waals surface area contributed by atoms with Crippen LogP contribution >= 0.6 is 11.8 Å². The summed E-state index contributed by atoms with van der Waals surface area (Å²) in [4.78, 5) is 30.4. The van der Waals surface area contributed by atoms with Gasteiger partial charge < -0.3 is 15.0 Å². The number of anilines is 1. The molecule has 6 nitrogen and oxygen atoms in total. The van der Waals surface area contributed by atoms with Crippen molar-refractivity contribution in [1.82, 2.24) is 4.90 Å². The fraction of sp³-hybridized carbons (Fsp3) is 0.471. The summed E-state index contributed by atoms with van der Waals surface area (Å²) < 4.78 is 5.37. The lowest BCUT2D eigenvalue weighted by atomic mass is 10.2. The first kappa shape index (κ1) is 16.8. The van der Waals surface area contributed by atoms with Crippen molar-refractivity contribution in [1.29, 1.82) is 0 Å². The predicted octanol–water partition coefficient (Wildman–Crippen LogP) is 2.51. The van der Waals surface area contributed by atoms with E-state index >= 15 is 0 Å². The van der Waals surface area contributed by atoms with Gasteiger partial charge in [0.2, 0.25) is 5.91 Å². The molecular formula is C17H21N3O3S. The number of carbonyl (C=O) groups excluding carboxylic acids is 2. The topological polar surface area (TPSA) is 71.0 Å². The maximum Gasteiger partial charge on any atom is 0.262 e. The fourth-order valence-electron chi connectivity index (χ4n) is 2.73. The number of amidine groups is 1. The Labute approximate surface area is 145 Å². The highest BCUT2D eigenvalue weighted by Crippen LogP contribution is 2.29. The van der Waals surface area contributed by atoms with Crippen molar-refractivity contribution in [3.63, 3.8) is 0 Å². The van der Waals surface area contributed by atoms with Crippen LogP contribution in [0.3, 0.4) is 0 Å². The summed E-state index contributed by atoms with van der Waals surface area (Å²) in [6.07, 6.45) is 2.41. The smallest absolute Gasteiger partial charge is 0.262 e. The molecule has 24 heavy (non-hydrogen) atoms. The number of hydrogen-bond donors (Lipinski definition) is 1. The number of carbonyl (C=O) groups is 2. The lowest BCUT2D eigenvalue weighted by molar-refractivity contribution is -0.121. The van der Waals surface area contributed by atoms with Crippen molar-refractivity contribution < 1.29 is 14.3 Å². The number of likely N-dealkylation sites (tertiary alicyclic amines) is 1. The molecule has 0 spiro atoms. The van der Waals surface area contributed by atoms with Crippen LogP contribution in [-0.2, 0) is 9.59 Å². The van der Waals surface area contributed by atoms with Crippen LogP contribution in [0.4, 0.5) is 5.69 Å². The van der Waals surface area contributed by atoms with Gasteiger partial charge in [-0.15, -0.1) is 0 Å². The Kier molecular flexibility index (Phi) is 5.40. The van der Waals surface area contributed by atoms with Crippen molar-refractivity contribution in [2.24, 2.45) is 4.99 Å². The van der Waals surface area contributed by atoms with E-state index in [4.69, 9.17) is 4.74 Å². The van der Waals surface area contributed by atoms with Crippen LogP contribution in [0.5, 0.6) is 5.75 Å². The molecule has 0 aliphatic carbocycles. The standard InChI is InChI=1S/C17H21N3O3S/c1-2-23-13-7-5-12(6-8-13)18-15(21)11-14-16(22)19-17(24-14)20-9-3-4-10-20/h5-8,14H,2-4,9-11H2,1H3,(H,18,21)/t14-/m1/s1. The van der Waals surface area contributed by atoms with E-state index in [1.807, 2.05) is 19.1 Å². The van der Waals surface area contributed by atoms with E-state index in [-0.39, 0.29) is 18.2 Å². The molecule has 1 atom stereocenters. The van der Waals surface area contributed by atoms with Gasteiger partial charge in [0.25, 0.3) is 5.91 Å². The molecule has 0 bridgehead atoms. The van der Waals surface area contributed by atoms with E-state index in [0.717, 1.165) is 36.8 Å². The number of benzene rings is 1. The van der Waals surface area contributed by atoms with E-state index in [9.17, 15) is 9.59 Å². The number of hydrogen-bond acceptors (Lipinski definition) is 5. The van der Waals surface area contributed by atoms with Crippen molar-refractivity contribution in [3.8, 4) is 5.75 Å². The summed E-state index contributed by atoms with van der Waals surface area (Å²) in [7, 11) is 0. The van der Waals surface area contributed by atoms with Crippen molar-refractivity contribution in [2.45, 2.75) is 31.4 Å². The molecule has 1 fully saturated rings. The SMILES string of the molecule is CCOc1ccc(NC(=O)C[C@H]2SC(N3CCCC3)=NC2=O)cc1. The predicted molar refractivity (Wildman–Crippen MR) is 95.5 cm³/mol. The molecular weight excluding hydrogens is 326 g/mol. The Bertz CT molecular complexity index is 639. The third-order valence-electron chi connectivity index (χ3n) is 3.93. The average molecular weight is 347 g/mol. The number of rotatable bonds is 5. The zero-order valence-corrected chi connectivity index (χ0v) is 14.5. The normalized spacial score (nSPS) is 20.2. The molecule has 2 aliphatic rings. The molecule has 3 rings (SSSR count). The molecule has 0 saturated carbocycles. The van der Waals surface area contributed by atoms with E-state index in [1.165, 1.54) is 11.8 Å². The van der Waals surface area contributed by atoms with Crippen LogP contribution in [-0.4, -0.2) is 46.8 Å². The van der Waals surface area contributed by atoms with Crippen molar-refractivity contribution in [2.75, 3.05) is 25.0 Å². The Balaban J connectivity index is 1.51. The van der Waals surface area contributed by atoms with E-state index < -0.39 is 5.25 Å². The maximum atomic E-state index is 12.2. The van der Waals surface area contributed by atoms with Gasteiger partial charge in [-0.25, -0.2) is 0 Å². The highest BCUT2D eigenvalue weighted by Gasteiger charge is 2.33. The quantitative estimate of drug-likeness (QED) is 0.886. The Hall–Kier alpha value is -2.02. The minimum atomic E-state index is -0.414. The highest BCUT2D eigenvalue weighted by molar-refractivity contribution is 8.15. The maximum absolute atomic E-state index is 12.2. The molecule has 2 heterocycles. The third kappa shape index (κ3) is 4.08. The minimum absolute atomic E-state index is 0.136. The second-order valence-electron chi connectivity index (χ2n) is 5.74. The lowest BCUT2D eigenvalue weighted by Gasteiger charge is -2.16. The van der Waals surface area contributed by atoms with Gasteiger partial charge in [-0.1, -0.05) is 11.8 Å². The van der Waals surface area contributed by atoms with Gasteiger partial charge in [0, 0.05) is 25.2 Å². The molecule has 1 aromatic rings. The molecule has 1 N–H and O–H groups in total. The number of ether oxygens (including phenoxy) is 1. The molecule has 0 unspecified atom stereocenters. The van der Waals surface area contributed by atoms with Gasteiger partial charge >= 0.3 is 0 Å². The summed E-state index contributed by atoms with van der Waals surface area (Å²) in [6.45, 7) is 4.42. The number of nitrogens with one attached hydrogen (secondary N) is 1. The number of thioether (sulfide) groups is 1. The molecule has 0 radical (unpaired) electrons. The second-order valence-corrected chi connectivity index (χ2v) is 6.91. The molecule has 128 valence electrons.